The summed E-state index contributed by atoms with van der Waals surface area (Å²) in [5.74, 6) is 1.98. The zero-order valence-corrected chi connectivity index (χ0v) is 18.4. The fraction of sp³-hybridized carbons (Fsp3) is 0.280. The van der Waals surface area contributed by atoms with E-state index in [1.807, 2.05) is 47.4 Å². The second-order valence-electron chi connectivity index (χ2n) is 8.17. The average Bonchev–Trinajstić information content (AvgIpc) is 3.27. The first kappa shape index (κ1) is 22.3. The van der Waals surface area contributed by atoms with Crippen LogP contribution in [0.4, 0.5) is 0 Å². The summed E-state index contributed by atoms with van der Waals surface area (Å²) in [5, 5.41) is 16.5. The van der Waals surface area contributed by atoms with E-state index in [4.69, 9.17) is 5.73 Å². The first-order valence-electron chi connectivity index (χ1n) is 11.1. The van der Waals surface area contributed by atoms with Crippen LogP contribution in [-0.2, 0) is 17.6 Å². The molecule has 0 spiro atoms. The molecular weight excluding hydrogens is 416 g/mol. The number of carbonyl (C=O) groups excluding carboxylic acids is 1. The van der Waals surface area contributed by atoms with E-state index in [1.165, 1.54) is 0 Å². The van der Waals surface area contributed by atoms with Crippen LogP contribution in [0.25, 0.3) is 6.08 Å². The third-order valence-electron chi connectivity index (χ3n) is 5.54. The van der Waals surface area contributed by atoms with Gasteiger partial charge in [0.2, 0.25) is 5.91 Å². The van der Waals surface area contributed by atoms with E-state index in [-0.39, 0.29) is 17.7 Å². The highest BCUT2D eigenvalue weighted by Gasteiger charge is 2.23. The molecular formula is C25H28N6O2. The molecule has 4 N–H and O–H groups in total. The molecule has 4 rings (SSSR count). The number of piperidine rings is 1. The van der Waals surface area contributed by atoms with Crippen LogP contribution in [0.5, 0.6) is 5.75 Å². The van der Waals surface area contributed by atoms with Gasteiger partial charge in [-0.15, -0.1) is 0 Å². The van der Waals surface area contributed by atoms with Crippen LogP contribution in [0.1, 0.15) is 35.6 Å². The predicted octanol–water partition coefficient (Wildman–Crippen LogP) is 2.71. The van der Waals surface area contributed by atoms with Gasteiger partial charge in [-0.05, 0) is 48.3 Å². The Morgan fingerprint density at radius 3 is 2.76 bits per heavy atom. The van der Waals surface area contributed by atoms with E-state index < -0.39 is 0 Å². The van der Waals surface area contributed by atoms with Crippen LogP contribution in [0, 0.1) is 0 Å². The maximum atomic E-state index is 12.7. The molecule has 1 aliphatic heterocycles. The lowest BCUT2D eigenvalue weighted by atomic mass is 10.0. The molecule has 8 heteroatoms. The van der Waals surface area contributed by atoms with Gasteiger partial charge in [-0.1, -0.05) is 42.5 Å². The maximum absolute atomic E-state index is 12.7. The normalized spacial score (nSPS) is 16.9. The fourth-order valence-corrected chi connectivity index (χ4v) is 3.85. The number of hydrogen-bond donors (Lipinski definition) is 3. The second-order valence-corrected chi connectivity index (χ2v) is 8.17. The molecule has 2 heterocycles. The Morgan fingerprint density at radius 1 is 1.18 bits per heavy atom. The molecule has 170 valence electrons. The number of likely N-dealkylation sites (tertiary alicyclic amines) is 1. The summed E-state index contributed by atoms with van der Waals surface area (Å²) in [7, 11) is 0. The van der Waals surface area contributed by atoms with Gasteiger partial charge in [-0.2, -0.15) is 5.10 Å². The molecule has 1 aliphatic rings. The Morgan fingerprint density at radius 2 is 1.97 bits per heavy atom. The first-order valence-corrected chi connectivity index (χ1v) is 11.1. The zero-order valence-electron chi connectivity index (χ0n) is 18.4. The molecule has 3 aromatic rings. The predicted molar refractivity (Wildman–Crippen MR) is 128 cm³/mol. The number of phenolic OH excluding ortho intramolecular Hbond substituents is 1. The largest absolute Gasteiger partial charge is 0.508 e. The van der Waals surface area contributed by atoms with Crippen molar-refractivity contribution in [3.63, 3.8) is 0 Å². The third kappa shape index (κ3) is 6.52. The Hall–Kier alpha value is -3.94. The van der Waals surface area contributed by atoms with Gasteiger partial charge >= 0.3 is 0 Å². The molecule has 1 aromatic heterocycles. The van der Waals surface area contributed by atoms with Gasteiger partial charge in [0.15, 0.2) is 5.82 Å². The number of nitrogens with zero attached hydrogens (tertiary/aromatic N) is 4. The van der Waals surface area contributed by atoms with E-state index in [9.17, 15) is 9.90 Å². The van der Waals surface area contributed by atoms with Gasteiger partial charge in [0.1, 0.15) is 17.4 Å². The summed E-state index contributed by atoms with van der Waals surface area (Å²) in [4.78, 5) is 23.6. The zero-order chi connectivity index (χ0) is 23.0. The number of phenols is 1. The summed E-state index contributed by atoms with van der Waals surface area (Å²) in [6.07, 6.45) is 6.22. The molecule has 0 saturated carbocycles. The Labute approximate surface area is 192 Å². The summed E-state index contributed by atoms with van der Waals surface area (Å²) < 4.78 is 0. The van der Waals surface area contributed by atoms with Gasteiger partial charge in [-0.3, -0.25) is 14.9 Å². The lowest BCUT2D eigenvalue weighted by Crippen LogP contribution is -2.42. The van der Waals surface area contributed by atoms with Crippen molar-refractivity contribution in [2.45, 2.75) is 31.7 Å². The smallest absolute Gasteiger partial charge is 0.227 e. The lowest BCUT2D eigenvalue weighted by molar-refractivity contribution is -0.131. The van der Waals surface area contributed by atoms with Crippen molar-refractivity contribution in [2.24, 2.45) is 10.7 Å². The van der Waals surface area contributed by atoms with Crippen LogP contribution in [-0.4, -0.2) is 56.1 Å². The van der Waals surface area contributed by atoms with Crippen LogP contribution in [0.15, 0.2) is 65.7 Å². The van der Waals surface area contributed by atoms with E-state index in [0.717, 1.165) is 36.3 Å². The quantitative estimate of drug-likeness (QED) is 0.382. The minimum Gasteiger partial charge on any atom is -0.508 e. The van der Waals surface area contributed by atoms with Crippen molar-refractivity contribution in [3.05, 3.63) is 83.4 Å². The minimum absolute atomic E-state index is 0.0136. The molecule has 1 atom stereocenters. The number of aromatic hydroxyl groups is 1. The van der Waals surface area contributed by atoms with Crippen molar-refractivity contribution in [3.8, 4) is 5.75 Å². The van der Waals surface area contributed by atoms with Crippen LogP contribution in [0.3, 0.4) is 0 Å². The number of aliphatic imine (C=N–C) groups is 1. The Kier molecular flexibility index (Phi) is 7.14. The SMILES string of the molecule is NC(/C=C\c1n[nH]c(Cc2ccc(O)cc2)n1)=NC1CCCN(C(=O)Cc2ccccc2)C1. The highest BCUT2D eigenvalue weighted by molar-refractivity contribution is 5.94. The number of benzene rings is 2. The summed E-state index contributed by atoms with van der Waals surface area (Å²) >= 11 is 0. The molecule has 1 saturated heterocycles. The number of nitrogens with one attached hydrogen (secondary N) is 1. The molecule has 1 unspecified atom stereocenters. The number of aromatic nitrogens is 3. The van der Waals surface area contributed by atoms with Gasteiger partial charge < -0.3 is 15.7 Å². The molecule has 0 aliphatic carbocycles. The minimum atomic E-state index is -0.0136. The monoisotopic (exact) mass is 444 g/mol. The van der Waals surface area contributed by atoms with Crippen molar-refractivity contribution in [1.82, 2.24) is 20.1 Å². The van der Waals surface area contributed by atoms with Crippen LogP contribution >= 0.6 is 0 Å². The van der Waals surface area contributed by atoms with Crippen molar-refractivity contribution in [2.75, 3.05) is 13.1 Å². The first-order chi connectivity index (χ1) is 16.0. The van der Waals surface area contributed by atoms with Gasteiger partial charge in [0.05, 0.1) is 12.5 Å². The summed E-state index contributed by atoms with van der Waals surface area (Å²) in [6.45, 7) is 1.34. The number of hydrogen-bond acceptors (Lipinski definition) is 5. The molecule has 8 nitrogen and oxygen atoms in total. The summed E-state index contributed by atoms with van der Waals surface area (Å²) in [5.41, 5.74) is 8.15. The third-order valence-corrected chi connectivity index (χ3v) is 5.54. The van der Waals surface area contributed by atoms with Gasteiger partial charge in [-0.25, -0.2) is 4.98 Å². The van der Waals surface area contributed by atoms with Crippen molar-refractivity contribution < 1.29 is 9.90 Å². The van der Waals surface area contributed by atoms with E-state index in [2.05, 4.69) is 20.2 Å². The standard InChI is InChI=1S/C25H28N6O2/c26-22(12-13-23-28-24(30-29-23)15-19-8-10-21(32)11-9-19)27-20-7-4-14-31(17-20)25(33)16-18-5-2-1-3-6-18/h1-3,5-6,8-13,20,32H,4,7,14-17H2,(H2,26,27)(H,28,29,30)/b13-12-. The van der Waals surface area contributed by atoms with Gasteiger partial charge in [0, 0.05) is 19.5 Å². The molecule has 0 radical (unpaired) electrons. The number of amides is 1. The number of H-pyrrole nitrogens is 1. The molecule has 0 bridgehead atoms. The van der Waals surface area contributed by atoms with Crippen LogP contribution < -0.4 is 5.73 Å². The van der Waals surface area contributed by atoms with E-state index in [0.29, 0.717) is 31.0 Å². The molecule has 33 heavy (non-hydrogen) atoms. The lowest BCUT2D eigenvalue weighted by Gasteiger charge is -2.31. The topological polar surface area (TPSA) is 120 Å². The highest BCUT2D eigenvalue weighted by Crippen LogP contribution is 2.15. The molecule has 2 aromatic carbocycles. The number of aromatic amines is 1. The number of rotatable bonds is 7. The molecule has 1 fully saturated rings. The number of carbonyl (C=O) groups is 1. The number of amidine groups is 1. The van der Waals surface area contributed by atoms with Crippen molar-refractivity contribution >= 4 is 17.8 Å². The fourth-order valence-electron chi connectivity index (χ4n) is 3.85. The van der Waals surface area contributed by atoms with Crippen LogP contribution in [0.2, 0.25) is 0 Å². The van der Waals surface area contributed by atoms with Crippen molar-refractivity contribution in [1.29, 1.82) is 0 Å². The maximum Gasteiger partial charge on any atom is 0.227 e. The van der Waals surface area contributed by atoms with E-state index in [1.54, 1.807) is 24.3 Å². The molecule has 1 amide bonds. The van der Waals surface area contributed by atoms with E-state index >= 15 is 0 Å². The Balaban J connectivity index is 1.31. The number of nitrogens with two attached hydrogens (primary N) is 1. The average molecular weight is 445 g/mol. The second kappa shape index (κ2) is 10.6. The highest BCUT2D eigenvalue weighted by atomic mass is 16.3. The van der Waals surface area contributed by atoms with Gasteiger partial charge in [0.25, 0.3) is 0 Å². The summed E-state index contributed by atoms with van der Waals surface area (Å²) in [6, 6.07) is 16.7. The Bertz CT molecular complexity index is 1120.